The van der Waals surface area contributed by atoms with E-state index in [1.165, 1.54) is 12.1 Å². The fourth-order valence-electron chi connectivity index (χ4n) is 2.38. The molecule has 0 aliphatic heterocycles. The molecule has 0 bridgehead atoms. The minimum atomic E-state index is -2.86. The van der Waals surface area contributed by atoms with Crippen molar-refractivity contribution in [2.75, 3.05) is 5.32 Å². The highest BCUT2D eigenvalue weighted by Crippen LogP contribution is 2.23. The van der Waals surface area contributed by atoms with Crippen molar-refractivity contribution in [1.82, 2.24) is 9.97 Å². The molecular weight excluding hydrogens is 356 g/mol. The van der Waals surface area contributed by atoms with Gasteiger partial charge in [-0.15, -0.1) is 0 Å². The summed E-state index contributed by atoms with van der Waals surface area (Å²) >= 11 is 0. The summed E-state index contributed by atoms with van der Waals surface area (Å²) in [5.74, 6) is -0.426. The van der Waals surface area contributed by atoms with Gasteiger partial charge in [0, 0.05) is 23.6 Å². The molecule has 27 heavy (non-hydrogen) atoms. The Morgan fingerprint density at radius 3 is 2.19 bits per heavy atom. The van der Waals surface area contributed by atoms with Gasteiger partial charge in [0.25, 0.3) is 0 Å². The van der Waals surface area contributed by atoms with Gasteiger partial charge in [-0.2, -0.15) is 8.78 Å². The first-order chi connectivity index (χ1) is 13.0. The first kappa shape index (κ1) is 18.2. The zero-order chi connectivity index (χ0) is 19.2. The number of halogens is 2. The summed E-state index contributed by atoms with van der Waals surface area (Å²) < 4.78 is 28.7. The van der Waals surface area contributed by atoms with Gasteiger partial charge in [0.1, 0.15) is 5.75 Å². The highest BCUT2D eigenvalue weighted by molar-refractivity contribution is 5.70. The molecule has 8 heteroatoms. The first-order valence-electron chi connectivity index (χ1n) is 7.94. The normalized spacial score (nSPS) is 10.6. The summed E-state index contributed by atoms with van der Waals surface area (Å²) in [6, 6.07) is 13.1. The maximum absolute atomic E-state index is 12.2. The molecule has 138 valence electrons. The number of anilines is 2. The van der Waals surface area contributed by atoms with Gasteiger partial charge in [-0.1, -0.05) is 24.3 Å². The number of carboxylic acid groups (broad SMARTS) is 1. The first-order valence-corrected chi connectivity index (χ1v) is 7.94. The molecule has 0 saturated carbocycles. The van der Waals surface area contributed by atoms with Crippen LogP contribution in [0.2, 0.25) is 0 Å². The van der Waals surface area contributed by atoms with Crippen molar-refractivity contribution in [3.05, 3.63) is 66.5 Å². The molecule has 0 atom stereocenters. The Bertz CT molecular complexity index is 899. The second kappa shape index (κ2) is 8.22. The van der Waals surface area contributed by atoms with Gasteiger partial charge in [0.2, 0.25) is 5.95 Å². The molecule has 1 heterocycles. The van der Waals surface area contributed by atoms with Crippen molar-refractivity contribution in [1.29, 1.82) is 0 Å². The number of aromatic nitrogens is 2. The van der Waals surface area contributed by atoms with E-state index >= 15 is 0 Å². The number of rotatable bonds is 7. The monoisotopic (exact) mass is 371 g/mol. The third-order valence-electron chi connectivity index (χ3n) is 3.63. The number of hydrogen-bond acceptors (Lipinski definition) is 5. The van der Waals surface area contributed by atoms with Crippen LogP contribution in [0, 0.1) is 0 Å². The van der Waals surface area contributed by atoms with Gasteiger partial charge in [-0.25, -0.2) is 9.97 Å². The summed E-state index contributed by atoms with van der Waals surface area (Å²) in [6.45, 7) is -2.86. The van der Waals surface area contributed by atoms with Crippen molar-refractivity contribution in [3.63, 3.8) is 0 Å². The molecule has 0 aliphatic carbocycles. The van der Waals surface area contributed by atoms with Crippen LogP contribution < -0.4 is 10.1 Å². The Hall–Kier alpha value is -3.55. The fraction of sp³-hybridized carbons (Fsp3) is 0.105. The Morgan fingerprint density at radius 2 is 1.63 bits per heavy atom. The summed E-state index contributed by atoms with van der Waals surface area (Å²) in [5, 5.41) is 11.8. The standard InChI is InChI=1S/C19H15F2N3O3/c20-18(21)27-16-7-3-13(4-8-16)14-10-22-19(23-11-14)24-15-5-1-12(2-6-15)9-17(25)26/h1-8,10-11,18H,9H2,(H,25,26)(H,22,23,24). The predicted octanol–water partition coefficient (Wildman–Crippen LogP) is 4.12. The van der Waals surface area contributed by atoms with E-state index in [-0.39, 0.29) is 12.2 Å². The Balaban J connectivity index is 1.65. The number of nitrogens with one attached hydrogen (secondary N) is 1. The van der Waals surface area contributed by atoms with Crippen LogP contribution in [-0.4, -0.2) is 27.7 Å². The van der Waals surface area contributed by atoms with Crippen LogP contribution >= 0.6 is 0 Å². The lowest BCUT2D eigenvalue weighted by Crippen LogP contribution is -2.01. The van der Waals surface area contributed by atoms with Crippen LogP contribution in [0.5, 0.6) is 5.75 Å². The number of benzene rings is 2. The van der Waals surface area contributed by atoms with Gasteiger partial charge in [-0.05, 0) is 35.4 Å². The average Bonchev–Trinajstić information content (AvgIpc) is 2.64. The topological polar surface area (TPSA) is 84.3 Å². The van der Waals surface area contributed by atoms with E-state index in [4.69, 9.17) is 5.11 Å². The molecule has 0 amide bonds. The molecule has 0 saturated heterocycles. The molecule has 0 unspecified atom stereocenters. The largest absolute Gasteiger partial charge is 0.481 e. The molecule has 1 aromatic heterocycles. The third kappa shape index (κ3) is 5.21. The van der Waals surface area contributed by atoms with Gasteiger partial charge >= 0.3 is 12.6 Å². The van der Waals surface area contributed by atoms with Crippen molar-refractivity contribution in [2.24, 2.45) is 0 Å². The summed E-state index contributed by atoms with van der Waals surface area (Å²) in [5.41, 5.74) is 2.91. The summed E-state index contributed by atoms with van der Waals surface area (Å²) in [4.78, 5) is 19.1. The number of hydrogen-bond donors (Lipinski definition) is 2. The molecule has 6 nitrogen and oxygen atoms in total. The minimum absolute atomic E-state index is 0.0351. The minimum Gasteiger partial charge on any atom is -0.481 e. The van der Waals surface area contributed by atoms with Crippen LogP contribution in [0.3, 0.4) is 0 Å². The second-order valence-electron chi connectivity index (χ2n) is 5.59. The quantitative estimate of drug-likeness (QED) is 0.650. The fourth-order valence-corrected chi connectivity index (χ4v) is 2.38. The lowest BCUT2D eigenvalue weighted by atomic mass is 10.1. The molecule has 0 radical (unpaired) electrons. The average molecular weight is 371 g/mol. The van der Waals surface area contributed by atoms with Crippen LogP contribution in [0.1, 0.15) is 5.56 Å². The third-order valence-corrected chi connectivity index (χ3v) is 3.63. The lowest BCUT2D eigenvalue weighted by molar-refractivity contribution is -0.136. The van der Waals surface area contributed by atoms with Gasteiger partial charge < -0.3 is 15.2 Å². The molecule has 0 aliphatic rings. The SMILES string of the molecule is O=C(O)Cc1ccc(Nc2ncc(-c3ccc(OC(F)F)cc3)cn2)cc1. The van der Waals surface area contributed by atoms with Gasteiger partial charge in [0.05, 0.1) is 6.42 Å². The Morgan fingerprint density at radius 1 is 1.00 bits per heavy atom. The zero-order valence-corrected chi connectivity index (χ0v) is 14.0. The van der Waals surface area contributed by atoms with Crippen LogP contribution in [0.4, 0.5) is 20.4 Å². The number of carbonyl (C=O) groups is 1. The van der Waals surface area contributed by atoms with E-state index in [1.54, 1.807) is 48.8 Å². The van der Waals surface area contributed by atoms with Gasteiger partial charge in [-0.3, -0.25) is 4.79 Å². The smallest absolute Gasteiger partial charge is 0.387 e. The molecule has 3 rings (SSSR count). The molecule has 2 aromatic carbocycles. The van der Waals surface area contributed by atoms with E-state index in [0.29, 0.717) is 11.5 Å². The van der Waals surface area contributed by atoms with Crippen molar-refractivity contribution in [3.8, 4) is 16.9 Å². The predicted molar refractivity (Wildman–Crippen MR) is 95.2 cm³/mol. The highest BCUT2D eigenvalue weighted by Gasteiger charge is 2.06. The van der Waals surface area contributed by atoms with E-state index in [0.717, 1.165) is 16.8 Å². The Kier molecular flexibility index (Phi) is 5.55. The molecule has 0 spiro atoms. The van der Waals surface area contributed by atoms with Crippen molar-refractivity contribution in [2.45, 2.75) is 13.0 Å². The van der Waals surface area contributed by atoms with Crippen molar-refractivity contribution >= 4 is 17.6 Å². The van der Waals surface area contributed by atoms with Crippen LogP contribution in [-0.2, 0) is 11.2 Å². The zero-order valence-electron chi connectivity index (χ0n) is 14.0. The van der Waals surface area contributed by atoms with Crippen molar-refractivity contribution < 1.29 is 23.4 Å². The van der Waals surface area contributed by atoms with E-state index < -0.39 is 12.6 Å². The molecule has 0 fully saturated rings. The second-order valence-corrected chi connectivity index (χ2v) is 5.59. The van der Waals surface area contributed by atoms with Crippen LogP contribution in [0.25, 0.3) is 11.1 Å². The summed E-state index contributed by atoms with van der Waals surface area (Å²) in [6.07, 6.45) is 3.18. The maximum Gasteiger partial charge on any atom is 0.387 e. The molecular formula is C19H15F2N3O3. The maximum atomic E-state index is 12.2. The number of nitrogens with zero attached hydrogens (tertiary/aromatic N) is 2. The number of carboxylic acids is 1. The number of alkyl halides is 2. The number of ether oxygens (including phenoxy) is 1. The Labute approximate surface area is 153 Å². The summed E-state index contributed by atoms with van der Waals surface area (Å²) in [7, 11) is 0. The van der Waals surface area contributed by atoms with Gasteiger partial charge in [0.15, 0.2) is 0 Å². The highest BCUT2D eigenvalue weighted by atomic mass is 19.3. The van der Waals surface area contributed by atoms with E-state index in [2.05, 4.69) is 20.0 Å². The van der Waals surface area contributed by atoms with E-state index in [9.17, 15) is 13.6 Å². The lowest BCUT2D eigenvalue weighted by Gasteiger charge is -2.08. The van der Waals surface area contributed by atoms with Crippen LogP contribution in [0.15, 0.2) is 60.9 Å². The number of aliphatic carboxylic acids is 1. The van der Waals surface area contributed by atoms with E-state index in [1.807, 2.05) is 0 Å². The molecule has 2 N–H and O–H groups in total. The molecule has 3 aromatic rings.